The predicted octanol–water partition coefficient (Wildman–Crippen LogP) is 0.0802. The fraction of sp³-hybridized carbons (Fsp3) is 0.364. The summed E-state index contributed by atoms with van der Waals surface area (Å²) in [4.78, 5) is 15.3. The van der Waals surface area contributed by atoms with Gasteiger partial charge in [-0.05, 0) is 12.8 Å². The van der Waals surface area contributed by atoms with Crippen LogP contribution in [-0.2, 0) is 6.54 Å². The van der Waals surface area contributed by atoms with E-state index < -0.39 is 5.91 Å². The standard InChI is InChI=1S/C11H13N5O/c12-10(17)9-5-15-16-6-7(4-14-11(9)16)3-13-8-1-2-8/h4-6,8,13H,1-3H2,(H2,12,17). The zero-order valence-electron chi connectivity index (χ0n) is 9.26. The molecule has 0 atom stereocenters. The Kier molecular flexibility index (Phi) is 2.29. The van der Waals surface area contributed by atoms with Gasteiger partial charge in [0.15, 0.2) is 5.65 Å². The number of hydrogen-bond acceptors (Lipinski definition) is 4. The minimum atomic E-state index is -0.503. The van der Waals surface area contributed by atoms with Crippen molar-refractivity contribution in [2.24, 2.45) is 5.73 Å². The molecular formula is C11H13N5O. The molecule has 2 aromatic heterocycles. The monoisotopic (exact) mass is 231 g/mol. The molecule has 3 N–H and O–H groups in total. The molecule has 6 heteroatoms. The van der Waals surface area contributed by atoms with Crippen molar-refractivity contribution in [3.8, 4) is 0 Å². The minimum absolute atomic E-state index is 0.353. The number of hydrogen-bond donors (Lipinski definition) is 2. The SMILES string of the molecule is NC(=O)c1cnn2cc(CNC3CC3)cnc12. The molecule has 1 aliphatic carbocycles. The molecule has 1 saturated carbocycles. The summed E-state index contributed by atoms with van der Waals surface area (Å²) in [6.07, 6.45) is 7.57. The lowest BCUT2D eigenvalue weighted by atomic mass is 10.3. The Bertz CT molecular complexity index is 572. The number of nitrogens with one attached hydrogen (secondary N) is 1. The lowest BCUT2D eigenvalue weighted by molar-refractivity contribution is 0.100. The summed E-state index contributed by atoms with van der Waals surface area (Å²) in [7, 11) is 0. The second-order valence-corrected chi connectivity index (χ2v) is 4.31. The molecule has 0 spiro atoms. The summed E-state index contributed by atoms with van der Waals surface area (Å²) < 4.78 is 1.59. The number of aromatic nitrogens is 3. The maximum Gasteiger partial charge on any atom is 0.254 e. The number of nitrogens with zero attached hydrogens (tertiary/aromatic N) is 3. The van der Waals surface area contributed by atoms with E-state index in [2.05, 4.69) is 15.4 Å². The van der Waals surface area contributed by atoms with E-state index in [0.29, 0.717) is 17.3 Å². The maximum atomic E-state index is 11.1. The van der Waals surface area contributed by atoms with Crippen LogP contribution in [-0.4, -0.2) is 26.5 Å². The van der Waals surface area contributed by atoms with E-state index in [1.54, 1.807) is 10.7 Å². The molecule has 0 bridgehead atoms. The van der Waals surface area contributed by atoms with Gasteiger partial charge in [-0.1, -0.05) is 0 Å². The molecule has 0 radical (unpaired) electrons. The number of amides is 1. The molecule has 2 heterocycles. The molecular weight excluding hydrogens is 218 g/mol. The van der Waals surface area contributed by atoms with E-state index in [1.165, 1.54) is 19.0 Å². The Labute approximate surface area is 97.8 Å². The van der Waals surface area contributed by atoms with Crippen LogP contribution in [0, 0.1) is 0 Å². The van der Waals surface area contributed by atoms with Crippen molar-refractivity contribution >= 4 is 11.6 Å². The molecule has 17 heavy (non-hydrogen) atoms. The van der Waals surface area contributed by atoms with Crippen LogP contribution in [0.2, 0.25) is 0 Å². The topological polar surface area (TPSA) is 85.3 Å². The van der Waals surface area contributed by atoms with Gasteiger partial charge in [-0.15, -0.1) is 0 Å². The summed E-state index contributed by atoms with van der Waals surface area (Å²) in [5, 5.41) is 7.46. The first kappa shape index (κ1) is 10.2. The first-order chi connectivity index (χ1) is 8.24. The molecule has 1 aliphatic rings. The van der Waals surface area contributed by atoms with Crippen LogP contribution in [0.15, 0.2) is 18.6 Å². The fourth-order valence-corrected chi connectivity index (χ4v) is 1.73. The van der Waals surface area contributed by atoms with Crippen LogP contribution < -0.4 is 11.1 Å². The lowest BCUT2D eigenvalue weighted by Crippen LogP contribution is -2.16. The zero-order chi connectivity index (χ0) is 11.8. The van der Waals surface area contributed by atoms with Gasteiger partial charge >= 0.3 is 0 Å². The fourth-order valence-electron chi connectivity index (χ4n) is 1.73. The second-order valence-electron chi connectivity index (χ2n) is 4.31. The van der Waals surface area contributed by atoms with Crippen molar-refractivity contribution in [2.75, 3.05) is 0 Å². The number of fused-ring (bicyclic) bond motifs is 1. The van der Waals surface area contributed by atoms with Crippen LogP contribution in [0.25, 0.3) is 5.65 Å². The average Bonchev–Trinajstić information content (AvgIpc) is 3.04. The quantitative estimate of drug-likeness (QED) is 0.780. The molecule has 6 nitrogen and oxygen atoms in total. The maximum absolute atomic E-state index is 11.1. The number of nitrogens with two attached hydrogens (primary N) is 1. The Hall–Kier alpha value is -1.95. The van der Waals surface area contributed by atoms with E-state index in [0.717, 1.165) is 12.1 Å². The van der Waals surface area contributed by atoms with Crippen LogP contribution in [0.5, 0.6) is 0 Å². The highest BCUT2D eigenvalue weighted by atomic mass is 16.1. The number of carbonyl (C=O) groups excluding carboxylic acids is 1. The average molecular weight is 231 g/mol. The zero-order valence-corrected chi connectivity index (χ0v) is 9.26. The largest absolute Gasteiger partial charge is 0.365 e. The third-order valence-corrected chi connectivity index (χ3v) is 2.85. The first-order valence-electron chi connectivity index (χ1n) is 5.59. The number of rotatable bonds is 4. The Morgan fingerprint density at radius 1 is 1.53 bits per heavy atom. The van der Waals surface area contributed by atoms with Gasteiger partial charge in [0.1, 0.15) is 5.56 Å². The van der Waals surface area contributed by atoms with E-state index in [4.69, 9.17) is 5.73 Å². The van der Waals surface area contributed by atoms with Gasteiger partial charge in [-0.2, -0.15) is 5.10 Å². The van der Waals surface area contributed by atoms with E-state index >= 15 is 0 Å². The van der Waals surface area contributed by atoms with Gasteiger partial charge in [-0.3, -0.25) is 4.79 Å². The van der Waals surface area contributed by atoms with Gasteiger partial charge in [0.05, 0.1) is 6.20 Å². The molecule has 0 unspecified atom stereocenters. The summed E-state index contributed by atoms with van der Waals surface area (Å²) >= 11 is 0. The highest BCUT2D eigenvalue weighted by molar-refractivity contribution is 5.98. The van der Waals surface area contributed by atoms with Crippen LogP contribution in [0.3, 0.4) is 0 Å². The van der Waals surface area contributed by atoms with Crippen LogP contribution >= 0.6 is 0 Å². The van der Waals surface area contributed by atoms with E-state index in [-0.39, 0.29) is 0 Å². The molecule has 1 amide bonds. The summed E-state index contributed by atoms with van der Waals surface area (Å²) in [5.74, 6) is -0.503. The predicted molar refractivity (Wildman–Crippen MR) is 61.4 cm³/mol. The third-order valence-electron chi connectivity index (χ3n) is 2.85. The first-order valence-corrected chi connectivity index (χ1v) is 5.59. The van der Waals surface area contributed by atoms with E-state index in [1.807, 2.05) is 6.20 Å². The smallest absolute Gasteiger partial charge is 0.254 e. The molecule has 3 rings (SSSR count). The second kappa shape index (κ2) is 3.81. The number of carbonyl (C=O) groups is 1. The Morgan fingerprint density at radius 2 is 2.35 bits per heavy atom. The van der Waals surface area contributed by atoms with Crippen molar-refractivity contribution in [1.29, 1.82) is 0 Å². The third kappa shape index (κ3) is 1.99. The molecule has 88 valence electrons. The Morgan fingerprint density at radius 3 is 3.06 bits per heavy atom. The lowest BCUT2D eigenvalue weighted by Gasteiger charge is -2.03. The van der Waals surface area contributed by atoms with Crippen molar-refractivity contribution in [2.45, 2.75) is 25.4 Å². The van der Waals surface area contributed by atoms with Gasteiger partial charge < -0.3 is 11.1 Å². The van der Waals surface area contributed by atoms with Gasteiger partial charge in [0.25, 0.3) is 5.91 Å². The minimum Gasteiger partial charge on any atom is -0.365 e. The Balaban J connectivity index is 1.88. The van der Waals surface area contributed by atoms with Crippen LogP contribution in [0.1, 0.15) is 28.8 Å². The molecule has 0 saturated heterocycles. The van der Waals surface area contributed by atoms with Gasteiger partial charge in [0, 0.05) is 30.5 Å². The molecule has 0 aromatic carbocycles. The van der Waals surface area contributed by atoms with E-state index in [9.17, 15) is 4.79 Å². The van der Waals surface area contributed by atoms with Crippen molar-refractivity contribution in [3.63, 3.8) is 0 Å². The molecule has 0 aliphatic heterocycles. The normalized spacial score (nSPS) is 15.3. The van der Waals surface area contributed by atoms with Gasteiger partial charge in [-0.25, -0.2) is 9.50 Å². The summed E-state index contributed by atoms with van der Waals surface area (Å²) in [6.45, 7) is 0.777. The van der Waals surface area contributed by atoms with Crippen LogP contribution in [0.4, 0.5) is 0 Å². The highest BCUT2D eigenvalue weighted by Gasteiger charge is 2.20. The van der Waals surface area contributed by atoms with Crippen molar-refractivity contribution < 1.29 is 4.79 Å². The number of primary amides is 1. The summed E-state index contributed by atoms with van der Waals surface area (Å²) in [6, 6.07) is 0.657. The highest BCUT2D eigenvalue weighted by Crippen LogP contribution is 2.19. The molecule has 2 aromatic rings. The molecule has 1 fully saturated rings. The van der Waals surface area contributed by atoms with Gasteiger partial charge in [0.2, 0.25) is 0 Å². The van der Waals surface area contributed by atoms with Crippen molar-refractivity contribution in [1.82, 2.24) is 19.9 Å². The van der Waals surface area contributed by atoms with Crippen molar-refractivity contribution in [3.05, 3.63) is 29.7 Å². The summed E-state index contributed by atoms with van der Waals surface area (Å²) in [5.41, 5.74) is 7.13.